The van der Waals surface area contributed by atoms with Crippen LogP contribution in [0.25, 0.3) is 0 Å². The molecule has 2 heterocycles. The molecule has 8 nitrogen and oxygen atoms in total. The number of benzene rings is 2. The van der Waals surface area contributed by atoms with E-state index in [4.69, 9.17) is 16.3 Å². The SMILES string of the molecule is CCS(=O)(=O)N1CCc2cc(C(=O)COC(=O)c3cnn(Cc4ccccc4Cl)c3)ccc21. The zero-order valence-electron chi connectivity index (χ0n) is 17.9. The number of nitrogens with zero attached hydrogens (tertiary/aromatic N) is 3. The van der Waals surface area contributed by atoms with Gasteiger partial charge in [0.05, 0.1) is 29.7 Å². The molecular weight excluding hydrogens is 466 g/mol. The first kappa shape index (κ1) is 23.0. The quantitative estimate of drug-likeness (QED) is 0.357. The van der Waals surface area contributed by atoms with Crippen molar-refractivity contribution in [2.75, 3.05) is 23.2 Å². The highest BCUT2D eigenvalue weighted by atomic mass is 35.5. The van der Waals surface area contributed by atoms with Crippen LogP contribution in [0, 0.1) is 0 Å². The van der Waals surface area contributed by atoms with Gasteiger partial charge in [-0.25, -0.2) is 13.2 Å². The standard InChI is InChI=1S/C23H22ClN3O5S/c1-2-33(30,31)27-10-9-16-11-17(7-8-21(16)27)22(28)15-32-23(29)19-12-25-26(14-19)13-18-5-3-4-6-20(18)24/h3-8,11-12,14H,2,9-10,13,15H2,1H3. The lowest BCUT2D eigenvalue weighted by Crippen LogP contribution is -2.30. The number of ether oxygens (including phenoxy) is 1. The average molecular weight is 488 g/mol. The number of ketones is 1. The Labute approximate surface area is 196 Å². The van der Waals surface area contributed by atoms with Crippen LogP contribution in [0.3, 0.4) is 0 Å². The van der Waals surface area contributed by atoms with Gasteiger partial charge in [-0.15, -0.1) is 0 Å². The molecule has 1 aliphatic rings. The topological polar surface area (TPSA) is 98.6 Å². The van der Waals surface area contributed by atoms with Crippen LogP contribution in [0.15, 0.2) is 54.9 Å². The molecule has 33 heavy (non-hydrogen) atoms. The summed E-state index contributed by atoms with van der Waals surface area (Å²) in [5.74, 6) is -1.01. The van der Waals surface area contributed by atoms with E-state index in [0.717, 1.165) is 11.1 Å². The van der Waals surface area contributed by atoms with Gasteiger partial charge in [0.15, 0.2) is 12.4 Å². The maximum atomic E-state index is 12.6. The molecule has 1 aromatic heterocycles. The van der Waals surface area contributed by atoms with Crippen LogP contribution >= 0.6 is 11.6 Å². The van der Waals surface area contributed by atoms with Gasteiger partial charge in [0.25, 0.3) is 0 Å². The largest absolute Gasteiger partial charge is 0.454 e. The number of halogens is 1. The first-order valence-electron chi connectivity index (χ1n) is 10.4. The lowest BCUT2D eigenvalue weighted by molar-refractivity contribution is 0.0474. The highest BCUT2D eigenvalue weighted by molar-refractivity contribution is 7.92. The number of anilines is 1. The van der Waals surface area contributed by atoms with E-state index in [1.54, 1.807) is 35.9 Å². The first-order valence-corrected chi connectivity index (χ1v) is 12.4. The van der Waals surface area contributed by atoms with Crippen LogP contribution in [0.5, 0.6) is 0 Å². The summed E-state index contributed by atoms with van der Waals surface area (Å²) in [7, 11) is -3.35. The van der Waals surface area contributed by atoms with E-state index < -0.39 is 22.6 Å². The monoisotopic (exact) mass is 487 g/mol. The molecule has 0 unspecified atom stereocenters. The minimum Gasteiger partial charge on any atom is -0.454 e. The number of esters is 1. The van der Waals surface area contributed by atoms with E-state index in [2.05, 4.69) is 5.10 Å². The van der Waals surface area contributed by atoms with E-state index in [1.165, 1.54) is 16.7 Å². The van der Waals surface area contributed by atoms with Crippen molar-refractivity contribution in [3.63, 3.8) is 0 Å². The molecule has 0 N–H and O–H groups in total. The Morgan fingerprint density at radius 2 is 1.94 bits per heavy atom. The van der Waals surface area contributed by atoms with E-state index >= 15 is 0 Å². The Bertz CT molecular complexity index is 1320. The van der Waals surface area contributed by atoms with Gasteiger partial charge in [-0.2, -0.15) is 5.10 Å². The molecule has 0 fully saturated rings. The highest BCUT2D eigenvalue weighted by Gasteiger charge is 2.28. The number of carbonyl (C=O) groups excluding carboxylic acids is 2. The molecule has 0 saturated carbocycles. The molecule has 172 valence electrons. The van der Waals surface area contributed by atoms with Crippen LogP contribution in [0.2, 0.25) is 5.02 Å². The second-order valence-corrected chi connectivity index (χ2v) is 10.2. The molecular formula is C23H22ClN3O5S. The van der Waals surface area contributed by atoms with Crippen LogP contribution < -0.4 is 4.31 Å². The second-order valence-electron chi connectivity index (χ2n) is 7.58. The number of rotatable bonds is 8. The molecule has 0 spiro atoms. The number of sulfonamides is 1. The maximum Gasteiger partial charge on any atom is 0.341 e. The van der Waals surface area contributed by atoms with Gasteiger partial charge in [0.2, 0.25) is 10.0 Å². The average Bonchev–Trinajstić information content (AvgIpc) is 3.46. The lowest BCUT2D eigenvalue weighted by atomic mass is 10.1. The number of carbonyl (C=O) groups is 2. The van der Waals surface area contributed by atoms with E-state index in [1.807, 2.05) is 18.2 Å². The van der Waals surface area contributed by atoms with E-state index in [9.17, 15) is 18.0 Å². The minimum atomic E-state index is -3.35. The van der Waals surface area contributed by atoms with Crippen molar-refractivity contribution in [2.45, 2.75) is 19.9 Å². The fourth-order valence-electron chi connectivity index (χ4n) is 3.64. The molecule has 3 aromatic rings. The van der Waals surface area contributed by atoms with Gasteiger partial charge >= 0.3 is 5.97 Å². The van der Waals surface area contributed by atoms with Crippen LogP contribution in [0.1, 0.15) is 38.8 Å². The van der Waals surface area contributed by atoms with Gasteiger partial charge in [-0.3, -0.25) is 13.8 Å². The third kappa shape index (κ3) is 4.94. The molecule has 2 aromatic carbocycles. The summed E-state index contributed by atoms with van der Waals surface area (Å²) in [5.41, 5.74) is 2.83. The third-order valence-electron chi connectivity index (χ3n) is 5.45. The Morgan fingerprint density at radius 3 is 2.70 bits per heavy atom. The summed E-state index contributed by atoms with van der Waals surface area (Å²) in [4.78, 5) is 24.9. The van der Waals surface area contributed by atoms with Gasteiger partial charge < -0.3 is 4.74 Å². The van der Waals surface area contributed by atoms with Crippen molar-refractivity contribution in [3.05, 3.63) is 82.1 Å². The molecule has 0 amide bonds. The fraction of sp³-hybridized carbons (Fsp3) is 0.261. The number of Topliss-reactive ketones (excluding diaryl/α,β-unsaturated/α-hetero) is 1. The van der Waals surface area contributed by atoms with Crippen molar-refractivity contribution in [3.8, 4) is 0 Å². The fourth-order valence-corrected chi connectivity index (χ4v) is 5.00. The summed E-state index contributed by atoms with van der Waals surface area (Å²) in [6, 6.07) is 12.2. The Morgan fingerprint density at radius 1 is 1.15 bits per heavy atom. The Hall–Kier alpha value is -3.17. The van der Waals surface area contributed by atoms with Crippen LogP contribution in [0.4, 0.5) is 5.69 Å². The van der Waals surface area contributed by atoms with Crippen molar-refractivity contribution in [1.82, 2.24) is 9.78 Å². The molecule has 4 rings (SSSR count). The normalized spacial score (nSPS) is 13.1. The van der Waals surface area contributed by atoms with Gasteiger partial charge in [0, 0.05) is 23.3 Å². The summed E-state index contributed by atoms with van der Waals surface area (Å²) in [6.07, 6.45) is 3.44. The summed E-state index contributed by atoms with van der Waals surface area (Å²) in [6.45, 7) is 1.92. The van der Waals surface area contributed by atoms with Crippen LogP contribution in [-0.4, -0.2) is 48.9 Å². The number of fused-ring (bicyclic) bond motifs is 1. The summed E-state index contributed by atoms with van der Waals surface area (Å²) >= 11 is 6.16. The third-order valence-corrected chi connectivity index (χ3v) is 7.60. The predicted molar refractivity (Wildman–Crippen MR) is 124 cm³/mol. The van der Waals surface area contributed by atoms with Crippen molar-refractivity contribution < 1.29 is 22.7 Å². The number of hydrogen-bond donors (Lipinski definition) is 0. The van der Waals surface area contributed by atoms with Crippen molar-refractivity contribution >= 4 is 39.1 Å². The molecule has 0 bridgehead atoms. The Kier molecular flexibility index (Phi) is 6.53. The second kappa shape index (κ2) is 9.36. The molecule has 0 atom stereocenters. The lowest BCUT2D eigenvalue weighted by Gasteiger charge is -2.18. The van der Waals surface area contributed by atoms with E-state index in [0.29, 0.717) is 35.8 Å². The minimum absolute atomic E-state index is 0.0119. The predicted octanol–water partition coefficient (Wildman–Crippen LogP) is 3.34. The smallest absolute Gasteiger partial charge is 0.341 e. The summed E-state index contributed by atoms with van der Waals surface area (Å²) < 4.78 is 32.5. The van der Waals surface area contributed by atoms with Crippen molar-refractivity contribution in [2.24, 2.45) is 0 Å². The number of aromatic nitrogens is 2. The van der Waals surface area contributed by atoms with Gasteiger partial charge in [-0.1, -0.05) is 29.8 Å². The number of hydrogen-bond acceptors (Lipinski definition) is 6. The van der Waals surface area contributed by atoms with Gasteiger partial charge in [-0.05, 0) is 48.7 Å². The van der Waals surface area contributed by atoms with Crippen LogP contribution in [-0.2, 0) is 27.7 Å². The summed E-state index contributed by atoms with van der Waals surface area (Å²) in [5, 5.41) is 4.75. The molecule has 0 aliphatic carbocycles. The molecule has 0 saturated heterocycles. The zero-order chi connectivity index (χ0) is 23.6. The maximum absolute atomic E-state index is 12.6. The highest BCUT2D eigenvalue weighted by Crippen LogP contribution is 2.31. The first-order chi connectivity index (χ1) is 15.8. The van der Waals surface area contributed by atoms with Gasteiger partial charge in [0.1, 0.15) is 0 Å². The van der Waals surface area contributed by atoms with E-state index in [-0.39, 0.29) is 17.1 Å². The molecule has 10 heteroatoms. The zero-order valence-corrected chi connectivity index (χ0v) is 19.5. The van der Waals surface area contributed by atoms with Crippen molar-refractivity contribution in [1.29, 1.82) is 0 Å². The Balaban J connectivity index is 1.37. The molecule has 1 aliphatic heterocycles. The molecule has 0 radical (unpaired) electrons.